The van der Waals surface area contributed by atoms with E-state index in [4.69, 9.17) is 5.11 Å². The van der Waals surface area contributed by atoms with E-state index in [1.807, 2.05) is 24.5 Å². The number of H-pyrrole nitrogens is 1. The Morgan fingerprint density at radius 3 is 3.00 bits per heavy atom. The number of aliphatic hydroxyl groups is 1. The third-order valence-electron chi connectivity index (χ3n) is 3.67. The minimum atomic E-state index is -0.258. The predicted octanol–water partition coefficient (Wildman–Crippen LogP) is 1.88. The summed E-state index contributed by atoms with van der Waals surface area (Å²) in [7, 11) is 1.63. The highest BCUT2D eigenvalue weighted by atomic mass is 32.2. The van der Waals surface area contributed by atoms with Crippen LogP contribution in [-0.4, -0.2) is 62.5 Å². The molecule has 9 heteroatoms. The van der Waals surface area contributed by atoms with E-state index in [0.29, 0.717) is 16.5 Å². The van der Waals surface area contributed by atoms with Crippen LogP contribution in [0.2, 0.25) is 0 Å². The number of amides is 1. The summed E-state index contributed by atoms with van der Waals surface area (Å²) >= 11 is 1.39. The Morgan fingerprint density at radius 1 is 1.40 bits per heavy atom. The number of thioether (sulfide) groups is 1. The molecule has 0 aliphatic carbocycles. The summed E-state index contributed by atoms with van der Waals surface area (Å²) in [5.41, 5.74) is 2.01. The average Bonchev–Trinajstić information content (AvgIpc) is 3.09. The molecule has 8 nitrogen and oxygen atoms in total. The van der Waals surface area contributed by atoms with Gasteiger partial charge in [0.1, 0.15) is 11.4 Å². The van der Waals surface area contributed by atoms with E-state index in [9.17, 15) is 4.79 Å². The molecule has 0 aliphatic rings. The zero-order valence-electron chi connectivity index (χ0n) is 13.9. The number of nitrogens with one attached hydrogen (secondary N) is 2. The number of aromatic amines is 1. The number of carbonyl (C=O) groups is 1. The number of aromatic nitrogens is 4. The number of benzene rings is 1. The molecule has 0 bridgehead atoms. The molecule has 0 saturated carbocycles. The first-order valence-electron chi connectivity index (χ1n) is 7.60. The summed E-state index contributed by atoms with van der Waals surface area (Å²) in [6.07, 6.45) is 5.12. The van der Waals surface area contributed by atoms with Crippen LogP contribution in [0.5, 0.6) is 0 Å². The van der Waals surface area contributed by atoms with Gasteiger partial charge in [0.25, 0.3) is 5.91 Å². The molecule has 0 atom stereocenters. The second kappa shape index (κ2) is 7.49. The molecule has 1 amide bonds. The van der Waals surface area contributed by atoms with Crippen molar-refractivity contribution >= 4 is 40.1 Å². The second-order valence-corrected chi connectivity index (χ2v) is 6.14. The molecule has 0 fully saturated rings. The lowest BCUT2D eigenvalue weighted by atomic mass is 10.2. The van der Waals surface area contributed by atoms with Gasteiger partial charge in [-0.1, -0.05) is 11.8 Å². The van der Waals surface area contributed by atoms with E-state index in [0.717, 1.165) is 16.6 Å². The molecular weight excluding hydrogens is 340 g/mol. The topological polar surface area (TPSA) is 107 Å². The maximum Gasteiger partial charge on any atom is 0.259 e. The van der Waals surface area contributed by atoms with Crippen molar-refractivity contribution in [3.63, 3.8) is 0 Å². The minimum absolute atomic E-state index is 0.106. The number of likely N-dealkylation sites (N-methyl/N-ethyl adjacent to an activating group) is 1. The molecule has 3 rings (SSSR count). The number of nitrogens with zero attached hydrogens (tertiary/aromatic N) is 4. The molecule has 3 aromatic rings. The Bertz CT molecular complexity index is 897. The van der Waals surface area contributed by atoms with Gasteiger partial charge in [0, 0.05) is 30.9 Å². The van der Waals surface area contributed by atoms with E-state index >= 15 is 0 Å². The zero-order chi connectivity index (χ0) is 17.8. The number of carbonyl (C=O) groups excluding carboxylic acids is 1. The summed E-state index contributed by atoms with van der Waals surface area (Å²) in [6, 6.07) is 5.72. The van der Waals surface area contributed by atoms with E-state index in [1.165, 1.54) is 22.9 Å². The fourth-order valence-electron chi connectivity index (χ4n) is 2.32. The number of fused-ring (bicyclic) bond motifs is 1. The monoisotopic (exact) mass is 358 g/mol. The van der Waals surface area contributed by atoms with Gasteiger partial charge in [0.05, 0.1) is 18.3 Å². The van der Waals surface area contributed by atoms with E-state index in [1.54, 1.807) is 13.2 Å². The van der Waals surface area contributed by atoms with Crippen molar-refractivity contribution < 1.29 is 9.90 Å². The van der Waals surface area contributed by atoms with Crippen LogP contribution in [0.4, 0.5) is 11.5 Å². The zero-order valence-corrected chi connectivity index (χ0v) is 14.7. The lowest BCUT2D eigenvalue weighted by Gasteiger charge is -2.18. The molecule has 0 saturated heterocycles. The van der Waals surface area contributed by atoms with Gasteiger partial charge in [-0.3, -0.25) is 9.89 Å². The minimum Gasteiger partial charge on any atom is -0.395 e. The number of aliphatic hydroxyl groups excluding tert-OH is 1. The van der Waals surface area contributed by atoms with E-state index in [2.05, 4.69) is 25.5 Å². The summed E-state index contributed by atoms with van der Waals surface area (Å²) < 4.78 is 0. The van der Waals surface area contributed by atoms with Crippen molar-refractivity contribution in [3.8, 4) is 0 Å². The highest BCUT2D eigenvalue weighted by Crippen LogP contribution is 2.24. The van der Waals surface area contributed by atoms with Crippen molar-refractivity contribution in [2.24, 2.45) is 0 Å². The third-order valence-corrected chi connectivity index (χ3v) is 4.23. The number of anilines is 2. The van der Waals surface area contributed by atoms with Crippen LogP contribution in [-0.2, 0) is 0 Å². The first kappa shape index (κ1) is 17.2. The Balaban J connectivity index is 1.96. The summed E-state index contributed by atoms with van der Waals surface area (Å²) in [5, 5.41) is 20.7. The highest BCUT2D eigenvalue weighted by Gasteiger charge is 2.18. The third kappa shape index (κ3) is 3.72. The second-order valence-electron chi connectivity index (χ2n) is 5.37. The largest absolute Gasteiger partial charge is 0.395 e. The maximum atomic E-state index is 12.6. The first-order valence-corrected chi connectivity index (χ1v) is 8.82. The molecule has 0 radical (unpaired) electrons. The molecule has 0 spiro atoms. The van der Waals surface area contributed by atoms with Gasteiger partial charge in [-0.2, -0.15) is 5.10 Å². The van der Waals surface area contributed by atoms with E-state index in [-0.39, 0.29) is 19.1 Å². The van der Waals surface area contributed by atoms with Crippen molar-refractivity contribution in [2.75, 3.05) is 31.8 Å². The Labute approximate surface area is 148 Å². The van der Waals surface area contributed by atoms with Crippen molar-refractivity contribution in [2.45, 2.75) is 5.16 Å². The smallest absolute Gasteiger partial charge is 0.259 e. The van der Waals surface area contributed by atoms with Crippen LogP contribution in [0.3, 0.4) is 0 Å². The summed E-state index contributed by atoms with van der Waals surface area (Å²) in [4.78, 5) is 22.6. The molecule has 0 unspecified atom stereocenters. The van der Waals surface area contributed by atoms with Gasteiger partial charge in [-0.25, -0.2) is 9.97 Å². The number of hydrogen-bond donors (Lipinski definition) is 3. The summed E-state index contributed by atoms with van der Waals surface area (Å²) in [6.45, 7) is 0.133. The molecule has 0 aliphatic heterocycles. The van der Waals surface area contributed by atoms with Crippen LogP contribution in [0.25, 0.3) is 10.9 Å². The van der Waals surface area contributed by atoms with Gasteiger partial charge in [-0.15, -0.1) is 0 Å². The van der Waals surface area contributed by atoms with Gasteiger partial charge in [0.2, 0.25) is 0 Å². The van der Waals surface area contributed by atoms with Gasteiger partial charge >= 0.3 is 0 Å². The Hall–Kier alpha value is -2.65. The van der Waals surface area contributed by atoms with Crippen LogP contribution < -0.4 is 5.32 Å². The molecule has 2 aromatic heterocycles. The lowest BCUT2D eigenvalue weighted by molar-refractivity contribution is 0.0767. The highest BCUT2D eigenvalue weighted by molar-refractivity contribution is 7.98. The molecular formula is C16H18N6O2S. The van der Waals surface area contributed by atoms with Crippen LogP contribution >= 0.6 is 11.8 Å². The van der Waals surface area contributed by atoms with Crippen molar-refractivity contribution in [1.82, 2.24) is 25.1 Å². The SMILES string of the molecule is CSc1ncc(C(=O)N(C)CCO)c(Nc2ccc3cn[nH]c3c2)n1. The number of hydrogen-bond acceptors (Lipinski definition) is 7. The Morgan fingerprint density at radius 2 is 2.24 bits per heavy atom. The van der Waals surface area contributed by atoms with E-state index < -0.39 is 0 Å². The Kier molecular flexibility index (Phi) is 5.15. The van der Waals surface area contributed by atoms with Crippen molar-refractivity contribution in [3.05, 3.63) is 36.2 Å². The average molecular weight is 358 g/mol. The predicted molar refractivity (Wildman–Crippen MR) is 97.2 cm³/mol. The normalized spacial score (nSPS) is 10.8. The maximum absolute atomic E-state index is 12.6. The molecule has 2 heterocycles. The van der Waals surface area contributed by atoms with Crippen molar-refractivity contribution in [1.29, 1.82) is 0 Å². The quantitative estimate of drug-likeness (QED) is 0.456. The number of rotatable bonds is 6. The molecule has 1 aromatic carbocycles. The van der Waals surface area contributed by atoms with Gasteiger partial charge in [0.15, 0.2) is 5.16 Å². The lowest BCUT2D eigenvalue weighted by Crippen LogP contribution is -2.30. The fraction of sp³-hybridized carbons (Fsp3) is 0.250. The van der Waals surface area contributed by atoms with Crippen LogP contribution in [0.1, 0.15) is 10.4 Å². The standard InChI is InChI=1S/C16H18N6O2S/c1-22(5-6-23)15(24)12-9-17-16(25-2)20-14(12)19-11-4-3-10-8-18-21-13(10)7-11/h3-4,7-9,23H,5-6H2,1-2H3,(H,18,21)(H,17,19,20). The van der Waals surface area contributed by atoms with Crippen LogP contribution in [0.15, 0.2) is 35.7 Å². The molecule has 3 N–H and O–H groups in total. The van der Waals surface area contributed by atoms with Gasteiger partial charge in [-0.05, 0) is 24.5 Å². The molecule has 25 heavy (non-hydrogen) atoms. The van der Waals surface area contributed by atoms with Crippen LogP contribution in [0, 0.1) is 0 Å². The first-order chi connectivity index (χ1) is 12.1. The van der Waals surface area contributed by atoms with Gasteiger partial charge < -0.3 is 15.3 Å². The molecule has 130 valence electrons. The fourth-order valence-corrected chi connectivity index (χ4v) is 2.67. The summed E-state index contributed by atoms with van der Waals surface area (Å²) in [5.74, 6) is 0.167.